The van der Waals surface area contributed by atoms with Crippen LogP contribution in [0.2, 0.25) is 0 Å². The van der Waals surface area contributed by atoms with Gasteiger partial charge < -0.3 is 0 Å². The smallest absolute Gasteiger partial charge is 0.269 e. The van der Waals surface area contributed by atoms with Gasteiger partial charge in [0.25, 0.3) is 5.91 Å². The number of hydrogen-bond acceptors (Lipinski definition) is 2. The highest BCUT2D eigenvalue weighted by Gasteiger charge is 2.10. The summed E-state index contributed by atoms with van der Waals surface area (Å²) in [6.45, 7) is 2.54. The fourth-order valence-corrected chi connectivity index (χ4v) is 2.34. The first-order valence-corrected chi connectivity index (χ1v) is 7.85. The van der Waals surface area contributed by atoms with Crippen molar-refractivity contribution in [2.24, 2.45) is 0 Å². The number of nitrogens with one attached hydrogen (secondary N) is 1. The summed E-state index contributed by atoms with van der Waals surface area (Å²) in [7, 11) is 0. The molecule has 3 nitrogen and oxygen atoms in total. The first kappa shape index (κ1) is 16.2. The van der Waals surface area contributed by atoms with Gasteiger partial charge >= 0.3 is 0 Å². The zero-order chi connectivity index (χ0) is 15.6. The molecule has 1 amide bonds. The van der Waals surface area contributed by atoms with Crippen molar-refractivity contribution in [3.63, 3.8) is 0 Å². The van der Waals surface area contributed by atoms with Crippen LogP contribution >= 0.6 is 0 Å². The second-order valence-electron chi connectivity index (χ2n) is 5.32. The largest absolute Gasteiger partial charge is 0.275 e. The first-order valence-electron chi connectivity index (χ1n) is 7.85. The topological polar surface area (TPSA) is 38.3 Å². The van der Waals surface area contributed by atoms with Crippen LogP contribution in [0.5, 0.6) is 0 Å². The van der Waals surface area contributed by atoms with Crippen LogP contribution in [0.3, 0.4) is 0 Å². The van der Waals surface area contributed by atoms with E-state index in [2.05, 4.69) is 12.4 Å². The Morgan fingerprint density at radius 2 is 1.73 bits per heavy atom. The van der Waals surface area contributed by atoms with Crippen LogP contribution in [-0.4, -0.2) is 5.91 Å². The van der Waals surface area contributed by atoms with E-state index in [1.54, 1.807) is 0 Å². The van der Waals surface area contributed by atoms with Gasteiger partial charge in [-0.05, 0) is 30.0 Å². The fourth-order valence-electron chi connectivity index (χ4n) is 2.34. The molecule has 22 heavy (non-hydrogen) atoms. The molecule has 1 N–H and O–H groups in total. The summed E-state index contributed by atoms with van der Waals surface area (Å²) in [6.07, 6.45) is 4.39. The van der Waals surface area contributed by atoms with Crippen molar-refractivity contribution in [1.29, 1.82) is 0 Å². The highest BCUT2D eigenvalue weighted by atomic mass is 16.6. The summed E-state index contributed by atoms with van der Waals surface area (Å²) in [5, 5.41) is 0. The zero-order valence-corrected chi connectivity index (χ0v) is 13.0. The van der Waals surface area contributed by atoms with Gasteiger partial charge in [-0.3, -0.25) is 9.63 Å². The molecule has 0 bridgehead atoms. The average molecular weight is 297 g/mol. The molecule has 0 saturated heterocycles. The molecular weight excluding hydrogens is 274 g/mol. The van der Waals surface area contributed by atoms with Crippen molar-refractivity contribution in [2.45, 2.75) is 39.2 Å². The third kappa shape index (κ3) is 5.01. The molecule has 0 spiro atoms. The summed E-state index contributed by atoms with van der Waals surface area (Å²) < 4.78 is 0. The number of carbonyl (C=O) groups is 1. The molecule has 0 saturated carbocycles. The Morgan fingerprint density at radius 1 is 1.00 bits per heavy atom. The van der Waals surface area contributed by atoms with E-state index in [1.807, 2.05) is 54.6 Å². The Labute approximate surface area is 132 Å². The lowest BCUT2D eigenvalue weighted by Crippen LogP contribution is -2.24. The minimum atomic E-state index is -0.178. The summed E-state index contributed by atoms with van der Waals surface area (Å²) in [4.78, 5) is 17.6. The van der Waals surface area contributed by atoms with Gasteiger partial charge in [0.2, 0.25) is 0 Å². The molecule has 116 valence electrons. The predicted octanol–water partition coefficient (Wildman–Crippen LogP) is 4.28. The summed E-state index contributed by atoms with van der Waals surface area (Å²) in [6, 6.07) is 17.5. The highest BCUT2D eigenvalue weighted by Crippen LogP contribution is 2.13. The quantitative estimate of drug-likeness (QED) is 0.583. The number of aryl methyl sites for hydroxylation is 1. The van der Waals surface area contributed by atoms with Gasteiger partial charge in [0.1, 0.15) is 0 Å². The number of amides is 1. The number of carbonyl (C=O) groups excluding carboxylic acids is 1. The second kappa shape index (κ2) is 9.00. The molecule has 2 aromatic carbocycles. The summed E-state index contributed by atoms with van der Waals surface area (Å²) >= 11 is 0. The highest BCUT2D eigenvalue weighted by molar-refractivity contribution is 5.94. The Balaban J connectivity index is 1.89. The molecule has 0 aromatic heterocycles. The summed E-state index contributed by atoms with van der Waals surface area (Å²) in [5.41, 5.74) is 5.35. The van der Waals surface area contributed by atoms with Crippen molar-refractivity contribution in [3.05, 3.63) is 71.3 Å². The number of unbranched alkanes of at least 4 members (excludes halogenated alkanes) is 2. The van der Waals surface area contributed by atoms with Crippen molar-refractivity contribution < 1.29 is 9.63 Å². The third-order valence-electron chi connectivity index (χ3n) is 3.56. The van der Waals surface area contributed by atoms with Crippen molar-refractivity contribution >= 4 is 5.91 Å². The molecule has 0 atom stereocenters. The summed E-state index contributed by atoms with van der Waals surface area (Å²) in [5.74, 6) is -0.178. The SMILES string of the molecule is CCCCCc1ccccc1C(=O)NOCc1ccccc1. The molecule has 0 aliphatic heterocycles. The van der Waals surface area contributed by atoms with Gasteiger partial charge in [-0.25, -0.2) is 5.48 Å². The van der Waals surface area contributed by atoms with E-state index >= 15 is 0 Å². The lowest BCUT2D eigenvalue weighted by atomic mass is 10.0. The van der Waals surface area contributed by atoms with Crippen molar-refractivity contribution in [3.8, 4) is 0 Å². The van der Waals surface area contributed by atoms with E-state index in [4.69, 9.17) is 4.84 Å². The molecule has 0 aliphatic carbocycles. The molecule has 2 aromatic rings. The Kier molecular flexibility index (Phi) is 6.65. The van der Waals surface area contributed by atoms with Gasteiger partial charge in [-0.2, -0.15) is 0 Å². The molecule has 0 fully saturated rings. The van der Waals surface area contributed by atoms with Crippen LogP contribution < -0.4 is 5.48 Å². The van der Waals surface area contributed by atoms with Gasteiger partial charge in [-0.15, -0.1) is 0 Å². The Morgan fingerprint density at radius 3 is 2.50 bits per heavy atom. The normalized spacial score (nSPS) is 10.4. The standard InChI is InChI=1S/C19H23NO2/c1-2-3-5-12-17-13-8-9-14-18(17)19(21)20-22-15-16-10-6-4-7-11-16/h4,6-11,13-14H,2-3,5,12,15H2,1H3,(H,20,21). The van der Waals surface area contributed by atoms with Crippen molar-refractivity contribution in [2.75, 3.05) is 0 Å². The van der Waals surface area contributed by atoms with Crippen LogP contribution in [0.25, 0.3) is 0 Å². The molecular formula is C19H23NO2. The molecule has 0 unspecified atom stereocenters. The number of hydroxylamine groups is 1. The third-order valence-corrected chi connectivity index (χ3v) is 3.56. The average Bonchev–Trinajstić information content (AvgIpc) is 2.56. The monoisotopic (exact) mass is 297 g/mol. The predicted molar refractivity (Wildman–Crippen MR) is 88.4 cm³/mol. The Bertz CT molecular complexity index is 581. The van der Waals surface area contributed by atoms with E-state index in [0.717, 1.165) is 24.0 Å². The van der Waals surface area contributed by atoms with Crippen molar-refractivity contribution in [1.82, 2.24) is 5.48 Å². The molecule has 3 heteroatoms. The number of benzene rings is 2. The van der Waals surface area contributed by atoms with E-state index < -0.39 is 0 Å². The molecule has 0 aliphatic rings. The van der Waals surface area contributed by atoms with E-state index in [0.29, 0.717) is 12.2 Å². The van der Waals surface area contributed by atoms with Crippen LogP contribution in [0.15, 0.2) is 54.6 Å². The lowest BCUT2D eigenvalue weighted by molar-refractivity contribution is 0.0233. The van der Waals surface area contributed by atoms with Crippen LogP contribution in [0, 0.1) is 0 Å². The van der Waals surface area contributed by atoms with Gasteiger partial charge in [-0.1, -0.05) is 68.3 Å². The number of rotatable bonds is 8. The molecule has 0 heterocycles. The van der Waals surface area contributed by atoms with Gasteiger partial charge in [0, 0.05) is 5.56 Å². The van der Waals surface area contributed by atoms with Gasteiger partial charge in [0.15, 0.2) is 0 Å². The first-order chi connectivity index (χ1) is 10.8. The zero-order valence-electron chi connectivity index (χ0n) is 13.0. The fraction of sp³-hybridized carbons (Fsp3) is 0.316. The minimum Gasteiger partial charge on any atom is -0.269 e. The maximum absolute atomic E-state index is 12.3. The van der Waals surface area contributed by atoms with E-state index in [1.165, 1.54) is 12.8 Å². The van der Waals surface area contributed by atoms with Gasteiger partial charge in [0.05, 0.1) is 6.61 Å². The number of hydrogen-bond donors (Lipinski definition) is 1. The van der Waals surface area contributed by atoms with Crippen LogP contribution in [0.4, 0.5) is 0 Å². The van der Waals surface area contributed by atoms with E-state index in [-0.39, 0.29) is 5.91 Å². The Hall–Kier alpha value is -2.13. The van der Waals surface area contributed by atoms with E-state index in [9.17, 15) is 4.79 Å². The lowest BCUT2D eigenvalue weighted by Gasteiger charge is -2.10. The molecule has 2 rings (SSSR count). The maximum atomic E-state index is 12.3. The van der Waals surface area contributed by atoms with Crippen LogP contribution in [0.1, 0.15) is 47.7 Å². The minimum absolute atomic E-state index is 0.178. The second-order valence-corrected chi connectivity index (χ2v) is 5.32. The van der Waals surface area contributed by atoms with Crippen LogP contribution in [-0.2, 0) is 17.9 Å². The molecule has 0 radical (unpaired) electrons. The maximum Gasteiger partial charge on any atom is 0.275 e.